The first-order chi connectivity index (χ1) is 14.6. The Morgan fingerprint density at radius 3 is 2.23 bits per heavy atom. The molecule has 1 aromatic rings. The fourth-order valence-electron chi connectivity index (χ4n) is 3.53. The number of aliphatic carboxylic acids is 1. The summed E-state index contributed by atoms with van der Waals surface area (Å²) in [5.41, 5.74) is 0.843. The molecule has 1 rings (SSSR count). The summed E-state index contributed by atoms with van der Waals surface area (Å²) in [5, 5.41) is 11.9. The third-order valence-electron chi connectivity index (χ3n) is 5.50. The van der Waals surface area contributed by atoms with Gasteiger partial charge >= 0.3 is 12.1 Å². The van der Waals surface area contributed by atoms with E-state index in [-0.39, 0.29) is 30.8 Å². The molecule has 4 atom stereocenters. The predicted octanol–water partition coefficient (Wildman–Crippen LogP) is 3.30. The lowest BCUT2D eigenvalue weighted by atomic mass is 9.90. The summed E-state index contributed by atoms with van der Waals surface area (Å²) in [7, 11) is 3.07. The molecule has 2 amide bonds. The molecule has 0 aliphatic rings. The lowest BCUT2D eigenvalue weighted by Gasteiger charge is -2.39. The monoisotopic (exact) mass is 436 g/mol. The maximum absolute atomic E-state index is 13.3. The molecule has 0 aliphatic carbocycles. The number of alkyl carbamates (subject to hydrolysis) is 1. The molecule has 0 spiro atoms. The van der Waals surface area contributed by atoms with Gasteiger partial charge < -0.3 is 24.8 Å². The standard InChI is InChI=1S/C23H36N2O6/c1-7-16(4)21(18(30-6)13-19(26)27)25(5)22(28)20(15(2)3)24-23(29)31-14-17-11-9-8-10-12-17/h8-12,15-16,18,20-21H,7,13-14H2,1-6H3,(H,24,29)(H,26,27)/t16-,18+,20?,21-/m0/s1. The molecule has 0 bridgehead atoms. The van der Waals surface area contributed by atoms with E-state index in [1.165, 1.54) is 12.0 Å². The molecule has 174 valence electrons. The van der Waals surface area contributed by atoms with Crippen molar-refractivity contribution < 1.29 is 29.0 Å². The van der Waals surface area contributed by atoms with Gasteiger partial charge in [-0.3, -0.25) is 9.59 Å². The molecule has 0 heterocycles. The number of carbonyl (C=O) groups is 3. The Morgan fingerprint density at radius 1 is 1.13 bits per heavy atom. The van der Waals surface area contributed by atoms with Crippen LogP contribution in [-0.2, 0) is 25.7 Å². The molecule has 2 N–H and O–H groups in total. The Labute approximate surface area is 184 Å². The highest BCUT2D eigenvalue weighted by molar-refractivity contribution is 5.86. The first kappa shape index (κ1) is 26.4. The minimum absolute atomic E-state index is 0.00362. The van der Waals surface area contributed by atoms with Crippen LogP contribution in [0, 0.1) is 11.8 Å². The van der Waals surface area contributed by atoms with E-state index in [0.717, 1.165) is 12.0 Å². The van der Waals surface area contributed by atoms with E-state index in [1.807, 2.05) is 58.0 Å². The number of hydrogen-bond acceptors (Lipinski definition) is 5. The Hall–Kier alpha value is -2.61. The normalized spacial score (nSPS) is 14.9. The highest BCUT2D eigenvalue weighted by Gasteiger charge is 2.37. The lowest BCUT2D eigenvalue weighted by Crippen LogP contribution is -2.57. The number of carboxylic acids is 1. The minimum atomic E-state index is -0.996. The van der Waals surface area contributed by atoms with E-state index in [2.05, 4.69) is 5.32 Å². The van der Waals surface area contributed by atoms with Crippen LogP contribution in [0.15, 0.2) is 30.3 Å². The van der Waals surface area contributed by atoms with Gasteiger partial charge in [0.05, 0.1) is 18.6 Å². The van der Waals surface area contributed by atoms with Crippen molar-refractivity contribution >= 4 is 18.0 Å². The molecule has 31 heavy (non-hydrogen) atoms. The number of amides is 2. The molecule has 0 aliphatic heterocycles. The smallest absolute Gasteiger partial charge is 0.408 e. The van der Waals surface area contributed by atoms with Crippen LogP contribution in [0.1, 0.15) is 46.1 Å². The first-order valence-electron chi connectivity index (χ1n) is 10.6. The number of hydrogen-bond donors (Lipinski definition) is 2. The van der Waals surface area contributed by atoms with Crippen molar-refractivity contribution in [3.63, 3.8) is 0 Å². The number of likely N-dealkylation sites (N-methyl/N-ethyl adjacent to an activating group) is 1. The van der Waals surface area contributed by atoms with Gasteiger partial charge in [0.15, 0.2) is 0 Å². The van der Waals surface area contributed by atoms with Crippen LogP contribution in [0.4, 0.5) is 4.79 Å². The fraction of sp³-hybridized carbons (Fsp3) is 0.609. The molecule has 0 radical (unpaired) electrons. The van der Waals surface area contributed by atoms with Crippen LogP contribution in [0.2, 0.25) is 0 Å². The molecule has 0 aromatic heterocycles. The van der Waals surface area contributed by atoms with Crippen molar-refractivity contribution in [3.05, 3.63) is 35.9 Å². The summed E-state index contributed by atoms with van der Waals surface area (Å²) >= 11 is 0. The number of carboxylic acid groups (broad SMARTS) is 1. The van der Waals surface area contributed by atoms with E-state index in [9.17, 15) is 19.5 Å². The summed E-state index contributed by atoms with van der Waals surface area (Å²) in [5.74, 6) is -1.51. The average molecular weight is 437 g/mol. The summed E-state index contributed by atoms with van der Waals surface area (Å²) in [6, 6.07) is 7.99. The summed E-state index contributed by atoms with van der Waals surface area (Å²) in [4.78, 5) is 38.5. The van der Waals surface area contributed by atoms with Crippen LogP contribution in [0.25, 0.3) is 0 Å². The largest absolute Gasteiger partial charge is 0.481 e. The zero-order chi connectivity index (χ0) is 23.6. The van der Waals surface area contributed by atoms with Gasteiger partial charge in [-0.15, -0.1) is 0 Å². The average Bonchev–Trinajstić information content (AvgIpc) is 2.74. The molecule has 8 nitrogen and oxygen atoms in total. The van der Waals surface area contributed by atoms with Gasteiger partial charge in [0, 0.05) is 14.2 Å². The lowest BCUT2D eigenvalue weighted by molar-refractivity contribution is -0.147. The number of nitrogens with one attached hydrogen (secondary N) is 1. The predicted molar refractivity (Wildman–Crippen MR) is 117 cm³/mol. The Kier molecular flexibility index (Phi) is 11.0. The number of benzene rings is 1. The second-order valence-electron chi connectivity index (χ2n) is 8.13. The van der Waals surface area contributed by atoms with E-state index in [1.54, 1.807) is 7.05 Å². The van der Waals surface area contributed by atoms with E-state index < -0.39 is 30.3 Å². The van der Waals surface area contributed by atoms with Gasteiger partial charge in [-0.1, -0.05) is 64.4 Å². The summed E-state index contributed by atoms with van der Waals surface area (Å²) in [6.45, 7) is 7.69. The van der Waals surface area contributed by atoms with Crippen molar-refractivity contribution in [3.8, 4) is 0 Å². The SMILES string of the molecule is CC[C@H](C)[C@@H]([C@@H](CC(=O)O)OC)N(C)C(=O)C(NC(=O)OCc1ccccc1)C(C)C. The third-order valence-corrected chi connectivity index (χ3v) is 5.50. The van der Waals surface area contributed by atoms with Gasteiger partial charge in [-0.05, 0) is 17.4 Å². The van der Waals surface area contributed by atoms with Crippen LogP contribution in [0.5, 0.6) is 0 Å². The molecule has 0 saturated carbocycles. The van der Waals surface area contributed by atoms with Crippen LogP contribution >= 0.6 is 0 Å². The Balaban J connectivity index is 2.94. The number of carbonyl (C=O) groups excluding carboxylic acids is 2. The highest BCUT2D eigenvalue weighted by Crippen LogP contribution is 2.23. The zero-order valence-electron chi connectivity index (χ0n) is 19.3. The maximum atomic E-state index is 13.3. The van der Waals surface area contributed by atoms with Crippen molar-refractivity contribution in [1.82, 2.24) is 10.2 Å². The second kappa shape index (κ2) is 12.9. The molecule has 0 saturated heterocycles. The molecule has 1 unspecified atom stereocenters. The summed E-state index contributed by atoms with van der Waals surface area (Å²) in [6.07, 6.45) is -0.833. The summed E-state index contributed by atoms with van der Waals surface area (Å²) < 4.78 is 10.7. The number of rotatable bonds is 12. The second-order valence-corrected chi connectivity index (χ2v) is 8.13. The van der Waals surface area contributed by atoms with Crippen molar-refractivity contribution in [2.45, 2.75) is 65.3 Å². The van der Waals surface area contributed by atoms with Crippen LogP contribution in [-0.4, -0.2) is 60.3 Å². The van der Waals surface area contributed by atoms with Gasteiger partial charge in [-0.25, -0.2) is 4.79 Å². The molecular weight excluding hydrogens is 400 g/mol. The third kappa shape index (κ3) is 8.20. The number of methoxy groups -OCH3 is 1. The van der Waals surface area contributed by atoms with Crippen LogP contribution < -0.4 is 5.32 Å². The zero-order valence-corrected chi connectivity index (χ0v) is 19.3. The van der Waals surface area contributed by atoms with Gasteiger partial charge in [0.1, 0.15) is 12.6 Å². The number of ether oxygens (including phenoxy) is 2. The Morgan fingerprint density at radius 2 is 1.74 bits per heavy atom. The fourth-order valence-corrected chi connectivity index (χ4v) is 3.53. The van der Waals surface area contributed by atoms with Crippen molar-refractivity contribution in [2.75, 3.05) is 14.2 Å². The molecule has 1 aromatic carbocycles. The van der Waals surface area contributed by atoms with Gasteiger partial charge in [0.2, 0.25) is 5.91 Å². The quantitative estimate of drug-likeness (QED) is 0.521. The highest BCUT2D eigenvalue weighted by atomic mass is 16.5. The van der Waals surface area contributed by atoms with E-state index in [0.29, 0.717) is 0 Å². The van der Waals surface area contributed by atoms with E-state index in [4.69, 9.17) is 9.47 Å². The van der Waals surface area contributed by atoms with Gasteiger partial charge in [0.25, 0.3) is 0 Å². The van der Waals surface area contributed by atoms with E-state index >= 15 is 0 Å². The maximum Gasteiger partial charge on any atom is 0.408 e. The molecule has 0 fully saturated rings. The minimum Gasteiger partial charge on any atom is -0.481 e. The molecular formula is C23H36N2O6. The topological polar surface area (TPSA) is 105 Å². The Bertz CT molecular complexity index is 709. The van der Waals surface area contributed by atoms with Crippen molar-refractivity contribution in [1.29, 1.82) is 0 Å². The van der Waals surface area contributed by atoms with Gasteiger partial charge in [-0.2, -0.15) is 0 Å². The molecule has 8 heteroatoms. The van der Waals surface area contributed by atoms with Crippen LogP contribution in [0.3, 0.4) is 0 Å². The van der Waals surface area contributed by atoms with Crippen molar-refractivity contribution in [2.24, 2.45) is 11.8 Å². The number of nitrogens with zero attached hydrogens (tertiary/aromatic N) is 1. The first-order valence-corrected chi connectivity index (χ1v) is 10.6.